The van der Waals surface area contributed by atoms with Gasteiger partial charge in [0.15, 0.2) is 0 Å². The number of benzene rings is 2. The Morgan fingerprint density at radius 3 is 2.52 bits per heavy atom. The van der Waals surface area contributed by atoms with Crippen molar-refractivity contribution in [3.05, 3.63) is 71.5 Å². The summed E-state index contributed by atoms with van der Waals surface area (Å²) in [6, 6.07) is 15.0. The van der Waals surface area contributed by atoms with Gasteiger partial charge in [0.05, 0.1) is 0 Å². The van der Waals surface area contributed by atoms with Gasteiger partial charge in [-0.15, -0.1) is 0 Å². The largest absolute Gasteiger partial charge is 0.356 e. The Morgan fingerprint density at radius 1 is 1.03 bits per heavy atom. The maximum Gasteiger partial charge on any atom is 0.253 e. The number of rotatable bonds is 4. The zero-order valence-corrected chi connectivity index (χ0v) is 17.5. The van der Waals surface area contributed by atoms with Crippen LogP contribution in [0.5, 0.6) is 0 Å². The minimum absolute atomic E-state index is 0.0984. The van der Waals surface area contributed by atoms with Crippen molar-refractivity contribution >= 4 is 17.7 Å². The predicted octanol–water partition coefficient (Wildman–Crippen LogP) is 2.89. The molecule has 1 aliphatic rings. The van der Waals surface area contributed by atoms with Gasteiger partial charge in [0.1, 0.15) is 5.82 Å². The molecule has 6 nitrogen and oxygen atoms in total. The molecule has 1 fully saturated rings. The molecule has 3 amide bonds. The molecule has 1 unspecified atom stereocenters. The highest BCUT2D eigenvalue weighted by Gasteiger charge is 2.22. The van der Waals surface area contributed by atoms with Crippen molar-refractivity contribution in [1.82, 2.24) is 15.5 Å². The van der Waals surface area contributed by atoms with E-state index in [1.807, 2.05) is 18.2 Å². The molecule has 0 spiro atoms. The Hall–Kier alpha value is -3.22. The first kappa shape index (κ1) is 22.5. The molecular weight excluding hydrogens is 397 g/mol. The molecule has 1 aliphatic heterocycles. The first-order valence-corrected chi connectivity index (χ1v) is 10.7. The second-order valence-electron chi connectivity index (χ2n) is 7.73. The average molecular weight is 426 g/mol. The van der Waals surface area contributed by atoms with Crippen molar-refractivity contribution in [1.29, 1.82) is 0 Å². The van der Waals surface area contributed by atoms with Crippen LogP contribution in [0.15, 0.2) is 54.6 Å². The third kappa shape index (κ3) is 6.91. The lowest BCUT2D eigenvalue weighted by Crippen LogP contribution is -2.35. The van der Waals surface area contributed by atoms with E-state index in [0.29, 0.717) is 51.0 Å². The van der Waals surface area contributed by atoms with Crippen LogP contribution in [0, 0.1) is 11.7 Å². The predicted molar refractivity (Wildman–Crippen MR) is 116 cm³/mol. The Labute approximate surface area is 181 Å². The highest BCUT2D eigenvalue weighted by molar-refractivity contribution is 5.94. The van der Waals surface area contributed by atoms with Crippen LogP contribution in [-0.4, -0.2) is 42.3 Å². The van der Waals surface area contributed by atoms with Crippen molar-refractivity contribution in [3.8, 4) is 0 Å². The summed E-state index contributed by atoms with van der Waals surface area (Å²) in [5.74, 6) is -0.918. The van der Waals surface area contributed by atoms with E-state index in [-0.39, 0.29) is 35.9 Å². The van der Waals surface area contributed by atoms with Crippen molar-refractivity contribution in [2.45, 2.75) is 32.2 Å². The van der Waals surface area contributed by atoms with Gasteiger partial charge in [-0.1, -0.05) is 30.3 Å². The van der Waals surface area contributed by atoms with Crippen LogP contribution >= 0.6 is 0 Å². The van der Waals surface area contributed by atoms with E-state index in [0.717, 1.165) is 5.56 Å². The van der Waals surface area contributed by atoms with Crippen LogP contribution in [0.1, 0.15) is 41.6 Å². The van der Waals surface area contributed by atoms with Gasteiger partial charge in [-0.2, -0.15) is 0 Å². The number of nitrogens with one attached hydrogen (secondary N) is 2. The fourth-order valence-corrected chi connectivity index (χ4v) is 3.66. The van der Waals surface area contributed by atoms with Gasteiger partial charge in [0, 0.05) is 44.1 Å². The normalized spacial score (nSPS) is 17.9. The molecule has 2 aromatic rings. The molecule has 7 heteroatoms. The molecule has 0 saturated carbocycles. The van der Waals surface area contributed by atoms with Crippen LogP contribution in [0.2, 0.25) is 0 Å². The summed E-state index contributed by atoms with van der Waals surface area (Å²) in [5.41, 5.74) is 1.41. The summed E-state index contributed by atoms with van der Waals surface area (Å²) < 4.78 is 13.0. The molecule has 1 atom stereocenters. The van der Waals surface area contributed by atoms with E-state index >= 15 is 0 Å². The second kappa shape index (κ2) is 11.2. The van der Waals surface area contributed by atoms with Gasteiger partial charge >= 0.3 is 0 Å². The maximum absolute atomic E-state index is 13.0. The minimum atomic E-state index is -0.316. The standard InChI is InChI=1S/C24H28FN3O3/c25-21-10-8-18(9-11-21)17-27-23(30)19-7-4-15-28(16-13-22(29)26-14-12-19)24(31)20-5-2-1-3-6-20/h1-3,5-6,8-11,19H,4,7,12-17H2,(H,26,29)(H,27,30). The summed E-state index contributed by atoms with van der Waals surface area (Å²) in [6.45, 7) is 1.57. The molecule has 1 saturated heterocycles. The molecule has 2 aromatic carbocycles. The highest BCUT2D eigenvalue weighted by atomic mass is 19.1. The summed E-state index contributed by atoms with van der Waals surface area (Å²) in [4.78, 5) is 39.4. The number of nitrogens with zero attached hydrogens (tertiary/aromatic N) is 1. The van der Waals surface area contributed by atoms with Crippen molar-refractivity contribution in [3.63, 3.8) is 0 Å². The van der Waals surface area contributed by atoms with Crippen LogP contribution in [-0.2, 0) is 16.1 Å². The van der Waals surface area contributed by atoms with Crippen LogP contribution in [0.4, 0.5) is 4.39 Å². The molecule has 0 aliphatic carbocycles. The monoisotopic (exact) mass is 425 g/mol. The van der Waals surface area contributed by atoms with Crippen LogP contribution in [0.25, 0.3) is 0 Å². The number of halogens is 1. The van der Waals surface area contributed by atoms with Gasteiger partial charge < -0.3 is 15.5 Å². The summed E-state index contributed by atoms with van der Waals surface area (Å²) in [6.07, 6.45) is 2.05. The smallest absolute Gasteiger partial charge is 0.253 e. The SMILES string of the molecule is O=C1CCN(C(=O)c2ccccc2)CCCC(C(=O)NCc2ccc(F)cc2)CCN1. The average Bonchev–Trinajstić information content (AvgIpc) is 2.83. The zero-order valence-electron chi connectivity index (χ0n) is 17.5. The zero-order chi connectivity index (χ0) is 22.1. The third-order valence-corrected chi connectivity index (χ3v) is 5.46. The van der Waals surface area contributed by atoms with E-state index in [1.54, 1.807) is 29.2 Å². The van der Waals surface area contributed by atoms with E-state index < -0.39 is 0 Å². The molecule has 0 radical (unpaired) electrons. The van der Waals surface area contributed by atoms with E-state index in [1.165, 1.54) is 12.1 Å². The van der Waals surface area contributed by atoms with Crippen molar-refractivity contribution < 1.29 is 18.8 Å². The second-order valence-corrected chi connectivity index (χ2v) is 7.73. The lowest BCUT2D eigenvalue weighted by atomic mass is 9.97. The Balaban J connectivity index is 1.60. The number of carbonyl (C=O) groups is 3. The fraction of sp³-hybridized carbons (Fsp3) is 0.375. The lowest BCUT2D eigenvalue weighted by molar-refractivity contribution is -0.126. The fourth-order valence-electron chi connectivity index (χ4n) is 3.66. The lowest BCUT2D eigenvalue weighted by Gasteiger charge is -2.23. The van der Waals surface area contributed by atoms with E-state index in [9.17, 15) is 18.8 Å². The Morgan fingerprint density at radius 2 is 1.77 bits per heavy atom. The van der Waals surface area contributed by atoms with E-state index in [2.05, 4.69) is 10.6 Å². The quantitative estimate of drug-likeness (QED) is 0.791. The van der Waals surface area contributed by atoms with Crippen molar-refractivity contribution in [2.75, 3.05) is 19.6 Å². The number of hydrogen-bond acceptors (Lipinski definition) is 3. The summed E-state index contributed by atoms with van der Waals surface area (Å²) in [7, 11) is 0. The van der Waals surface area contributed by atoms with Gasteiger partial charge in [-0.3, -0.25) is 14.4 Å². The number of hydrogen-bond donors (Lipinski definition) is 2. The Bertz CT molecular complexity index is 887. The van der Waals surface area contributed by atoms with Gasteiger partial charge in [0.25, 0.3) is 5.91 Å². The van der Waals surface area contributed by atoms with Gasteiger partial charge in [-0.05, 0) is 49.1 Å². The number of carbonyl (C=O) groups excluding carboxylic acids is 3. The molecule has 2 N–H and O–H groups in total. The van der Waals surface area contributed by atoms with Gasteiger partial charge in [0.2, 0.25) is 11.8 Å². The van der Waals surface area contributed by atoms with E-state index in [4.69, 9.17) is 0 Å². The molecule has 3 rings (SSSR count). The highest BCUT2D eigenvalue weighted by Crippen LogP contribution is 2.15. The van der Waals surface area contributed by atoms with Crippen LogP contribution in [0.3, 0.4) is 0 Å². The molecule has 164 valence electrons. The Kier molecular flexibility index (Phi) is 8.15. The first-order valence-electron chi connectivity index (χ1n) is 10.7. The molecule has 1 heterocycles. The topological polar surface area (TPSA) is 78.5 Å². The molecule has 0 bridgehead atoms. The molecular formula is C24H28FN3O3. The van der Waals surface area contributed by atoms with Crippen LogP contribution < -0.4 is 10.6 Å². The van der Waals surface area contributed by atoms with Gasteiger partial charge in [-0.25, -0.2) is 4.39 Å². The minimum Gasteiger partial charge on any atom is -0.356 e. The third-order valence-electron chi connectivity index (χ3n) is 5.46. The summed E-state index contributed by atoms with van der Waals surface area (Å²) in [5, 5.41) is 5.75. The molecule has 0 aromatic heterocycles. The number of amides is 3. The molecule has 31 heavy (non-hydrogen) atoms. The van der Waals surface area contributed by atoms with Crippen molar-refractivity contribution in [2.24, 2.45) is 5.92 Å². The summed E-state index contributed by atoms with van der Waals surface area (Å²) >= 11 is 0. The first-order chi connectivity index (χ1) is 15.0. The maximum atomic E-state index is 13.0.